The molecule has 25 heavy (non-hydrogen) atoms. The van der Waals surface area contributed by atoms with Crippen molar-refractivity contribution in [2.24, 2.45) is 0 Å². The van der Waals surface area contributed by atoms with E-state index >= 15 is 0 Å². The molecular weight excluding hydrogens is 340 g/mol. The van der Waals surface area contributed by atoms with Crippen molar-refractivity contribution in [3.8, 4) is 0 Å². The van der Waals surface area contributed by atoms with Crippen LogP contribution in [0.5, 0.6) is 0 Å². The van der Waals surface area contributed by atoms with Gasteiger partial charge < -0.3 is 0 Å². The van der Waals surface area contributed by atoms with E-state index in [-0.39, 0.29) is 21.5 Å². The van der Waals surface area contributed by atoms with Gasteiger partial charge in [0, 0.05) is 17.6 Å². The first kappa shape index (κ1) is 15.3. The minimum atomic E-state index is -3.90. The van der Waals surface area contributed by atoms with Gasteiger partial charge in [0.1, 0.15) is 0 Å². The fourth-order valence-electron chi connectivity index (χ4n) is 3.02. The Labute approximate surface area is 143 Å². The van der Waals surface area contributed by atoms with Gasteiger partial charge in [0.05, 0.1) is 20.7 Å². The number of hydrogen-bond donors (Lipinski definition) is 0. The Morgan fingerprint density at radius 2 is 1.56 bits per heavy atom. The molecule has 0 aliphatic carbocycles. The van der Waals surface area contributed by atoms with E-state index in [0.29, 0.717) is 5.39 Å². The molecule has 0 saturated heterocycles. The summed E-state index contributed by atoms with van der Waals surface area (Å²) in [5, 5.41) is 12.9. The Balaban J connectivity index is 2.02. The van der Waals surface area contributed by atoms with Crippen LogP contribution in [0.25, 0.3) is 21.7 Å². The van der Waals surface area contributed by atoms with E-state index in [1.54, 1.807) is 30.3 Å². The van der Waals surface area contributed by atoms with E-state index in [1.807, 2.05) is 18.2 Å². The minimum Gasteiger partial charge on any atom is -0.258 e. The quantitative estimate of drug-likeness (QED) is 0.413. The number of hydrogen-bond acceptors (Lipinski definition) is 4. The lowest BCUT2D eigenvalue weighted by molar-refractivity contribution is -0.383. The smallest absolute Gasteiger partial charge is 0.258 e. The SMILES string of the molecule is O=[N+]([O-])c1cccc2c1ccn2S(=O)(=O)c1cccc2ccccc12. The lowest BCUT2D eigenvalue weighted by Crippen LogP contribution is -2.12. The molecule has 0 fully saturated rings. The molecule has 124 valence electrons. The van der Waals surface area contributed by atoms with Gasteiger partial charge >= 0.3 is 0 Å². The Morgan fingerprint density at radius 3 is 2.36 bits per heavy atom. The van der Waals surface area contributed by atoms with Crippen LogP contribution < -0.4 is 0 Å². The highest BCUT2D eigenvalue weighted by molar-refractivity contribution is 7.90. The minimum absolute atomic E-state index is 0.121. The molecule has 0 bridgehead atoms. The van der Waals surface area contributed by atoms with Crippen molar-refractivity contribution in [3.05, 3.63) is 83.0 Å². The predicted octanol–water partition coefficient (Wildman–Crippen LogP) is 3.94. The van der Waals surface area contributed by atoms with Crippen LogP contribution in [0.2, 0.25) is 0 Å². The van der Waals surface area contributed by atoms with Crippen molar-refractivity contribution in [1.29, 1.82) is 0 Å². The third kappa shape index (κ3) is 2.28. The molecule has 3 aromatic carbocycles. The second kappa shape index (κ2) is 5.42. The van der Waals surface area contributed by atoms with Crippen LogP contribution in [0.15, 0.2) is 77.8 Å². The van der Waals surface area contributed by atoms with Gasteiger partial charge in [-0.3, -0.25) is 10.1 Å². The van der Waals surface area contributed by atoms with Gasteiger partial charge in [0.25, 0.3) is 15.7 Å². The average Bonchev–Trinajstić information content (AvgIpc) is 3.06. The van der Waals surface area contributed by atoms with Gasteiger partial charge in [-0.05, 0) is 23.6 Å². The largest absolute Gasteiger partial charge is 0.278 e. The zero-order valence-corrected chi connectivity index (χ0v) is 13.7. The van der Waals surface area contributed by atoms with E-state index in [4.69, 9.17) is 0 Å². The zero-order chi connectivity index (χ0) is 17.6. The fraction of sp³-hybridized carbons (Fsp3) is 0. The van der Waals surface area contributed by atoms with Gasteiger partial charge in [0.2, 0.25) is 0 Å². The summed E-state index contributed by atoms with van der Waals surface area (Å²) in [4.78, 5) is 10.8. The van der Waals surface area contributed by atoms with Crippen molar-refractivity contribution in [2.45, 2.75) is 4.90 Å². The standard InChI is InChI=1S/C18H12N2O4S/c21-20(22)17-9-4-8-16-15(17)11-12-19(16)25(23,24)18-10-3-6-13-5-1-2-7-14(13)18/h1-12H. The van der Waals surface area contributed by atoms with Gasteiger partial charge in [-0.2, -0.15) is 0 Å². The first-order chi connectivity index (χ1) is 12.0. The number of benzene rings is 3. The van der Waals surface area contributed by atoms with Crippen molar-refractivity contribution in [1.82, 2.24) is 3.97 Å². The van der Waals surface area contributed by atoms with E-state index < -0.39 is 14.9 Å². The summed E-state index contributed by atoms with van der Waals surface area (Å²) in [7, 11) is -3.90. The molecule has 0 amide bonds. The second-order valence-electron chi connectivity index (χ2n) is 5.56. The highest BCUT2D eigenvalue weighted by Gasteiger charge is 2.23. The molecule has 0 saturated carbocycles. The van der Waals surface area contributed by atoms with E-state index in [1.165, 1.54) is 24.4 Å². The topological polar surface area (TPSA) is 82.2 Å². The van der Waals surface area contributed by atoms with E-state index in [9.17, 15) is 18.5 Å². The van der Waals surface area contributed by atoms with Gasteiger partial charge in [-0.25, -0.2) is 12.4 Å². The summed E-state index contributed by atoms with van der Waals surface area (Å²) in [5.74, 6) is 0. The molecular formula is C18H12N2O4S. The summed E-state index contributed by atoms with van der Waals surface area (Å²) >= 11 is 0. The molecule has 0 spiro atoms. The lowest BCUT2D eigenvalue weighted by Gasteiger charge is -2.10. The number of aromatic nitrogens is 1. The number of nitro groups is 1. The molecule has 4 rings (SSSR count). The van der Waals surface area contributed by atoms with Crippen LogP contribution in [-0.2, 0) is 10.0 Å². The van der Waals surface area contributed by atoms with Crippen LogP contribution >= 0.6 is 0 Å². The molecule has 1 heterocycles. The predicted molar refractivity (Wildman–Crippen MR) is 95.1 cm³/mol. The molecule has 0 N–H and O–H groups in total. The Kier molecular flexibility index (Phi) is 3.33. The zero-order valence-electron chi connectivity index (χ0n) is 12.9. The molecule has 0 unspecified atom stereocenters. The van der Waals surface area contributed by atoms with Crippen LogP contribution in [0.3, 0.4) is 0 Å². The van der Waals surface area contributed by atoms with Crippen LogP contribution in [0.4, 0.5) is 5.69 Å². The highest BCUT2D eigenvalue weighted by atomic mass is 32.2. The summed E-state index contributed by atoms with van der Waals surface area (Å²) in [6.45, 7) is 0. The maximum absolute atomic E-state index is 13.2. The molecule has 0 atom stereocenters. The molecule has 6 nitrogen and oxygen atoms in total. The van der Waals surface area contributed by atoms with Crippen LogP contribution in [0, 0.1) is 10.1 Å². The summed E-state index contributed by atoms with van der Waals surface area (Å²) < 4.78 is 27.5. The number of nitro benzene ring substituents is 1. The van der Waals surface area contributed by atoms with Crippen molar-refractivity contribution in [2.75, 3.05) is 0 Å². The normalized spacial score (nSPS) is 11.8. The molecule has 0 aliphatic rings. The highest BCUT2D eigenvalue weighted by Crippen LogP contribution is 2.31. The first-order valence-electron chi connectivity index (χ1n) is 7.48. The first-order valence-corrected chi connectivity index (χ1v) is 8.92. The summed E-state index contributed by atoms with van der Waals surface area (Å²) in [5.41, 5.74) is 0.159. The molecule has 4 aromatic rings. The third-order valence-corrected chi connectivity index (χ3v) is 5.91. The Bertz CT molecular complexity index is 1240. The van der Waals surface area contributed by atoms with Crippen molar-refractivity contribution in [3.63, 3.8) is 0 Å². The van der Waals surface area contributed by atoms with Crippen molar-refractivity contribution >= 4 is 37.4 Å². The molecule has 0 radical (unpaired) electrons. The fourth-order valence-corrected chi connectivity index (χ4v) is 4.59. The van der Waals surface area contributed by atoms with E-state index in [2.05, 4.69) is 0 Å². The Morgan fingerprint density at radius 1 is 0.840 bits per heavy atom. The monoisotopic (exact) mass is 352 g/mol. The number of rotatable bonds is 3. The third-order valence-electron chi connectivity index (χ3n) is 4.16. The number of non-ortho nitro benzene ring substituents is 1. The number of nitrogens with zero attached hydrogens (tertiary/aromatic N) is 2. The van der Waals surface area contributed by atoms with Gasteiger partial charge in [-0.1, -0.05) is 42.5 Å². The Hall–Kier alpha value is -3.19. The summed E-state index contributed by atoms with van der Waals surface area (Å²) in [6, 6.07) is 18.1. The van der Waals surface area contributed by atoms with Crippen LogP contribution in [0.1, 0.15) is 0 Å². The molecule has 1 aromatic heterocycles. The second-order valence-corrected chi connectivity index (χ2v) is 7.34. The summed E-state index contributed by atoms with van der Waals surface area (Å²) in [6.07, 6.45) is 1.36. The molecule has 7 heteroatoms. The maximum Gasteiger partial charge on any atom is 0.278 e. The lowest BCUT2D eigenvalue weighted by atomic mass is 10.1. The van der Waals surface area contributed by atoms with Crippen molar-refractivity contribution < 1.29 is 13.3 Å². The van der Waals surface area contributed by atoms with Crippen LogP contribution in [-0.4, -0.2) is 17.3 Å². The van der Waals surface area contributed by atoms with Gasteiger partial charge in [0.15, 0.2) is 0 Å². The van der Waals surface area contributed by atoms with Gasteiger partial charge in [-0.15, -0.1) is 0 Å². The number of fused-ring (bicyclic) bond motifs is 2. The van der Waals surface area contributed by atoms with E-state index in [0.717, 1.165) is 9.36 Å². The maximum atomic E-state index is 13.2. The average molecular weight is 352 g/mol. The molecule has 0 aliphatic heterocycles.